The predicted molar refractivity (Wildman–Crippen MR) is 83.1 cm³/mol. The molecule has 0 aliphatic rings. The molecule has 1 aromatic heterocycles. The van der Waals surface area contributed by atoms with E-state index in [1.807, 2.05) is 7.05 Å². The maximum atomic E-state index is 4.78. The fourth-order valence-corrected chi connectivity index (χ4v) is 2.09. The molecule has 4 nitrogen and oxygen atoms in total. The van der Waals surface area contributed by atoms with Crippen LogP contribution in [0.25, 0.3) is 0 Å². The summed E-state index contributed by atoms with van der Waals surface area (Å²) in [5, 5.41) is 3.18. The molecule has 0 radical (unpaired) electrons. The minimum absolute atomic E-state index is 0.0489. The van der Waals surface area contributed by atoms with Crippen LogP contribution in [0.15, 0.2) is 0 Å². The normalized spacial score (nSPS) is 11.8. The van der Waals surface area contributed by atoms with Crippen LogP contribution in [-0.2, 0) is 5.41 Å². The van der Waals surface area contributed by atoms with Crippen LogP contribution >= 0.6 is 0 Å². The van der Waals surface area contributed by atoms with Gasteiger partial charge in [-0.2, -0.15) is 0 Å². The van der Waals surface area contributed by atoms with Crippen LogP contribution in [-0.4, -0.2) is 30.6 Å². The Morgan fingerprint density at radius 3 is 2.21 bits per heavy atom. The van der Waals surface area contributed by atoms with Gasteiger partial charge in [0.25, 0.3) is 0 Å². The summed E-state index contributed by atoms with van der Waals surface area (Å²) < 4.78 is 0. The van der Waals surface area contributed by atoms with Crippen molar-refractivity contribution in [1.82, 2.24) is 9.97 Å². The number of hydrogen-bond donors (Lipinski definition) is 1. The highest BCUT2D eigenvalue weighted by atomic mass is 15.2. The van der Waals surface area contributed by atoms with Crippen LogP contribution in [0.3, 0.4) is 0 Å². The van der Waals surface area contributed by atoms with E-state index < -0.39 is 0 Å². The van der Waals surface area contributed by atoms with Gasteiger partial charge in [-0.05, 0) is 12.8 Å². The highest BCUT2D eigenvalue weighted by Gasteiger charge is 2.22. The van der Waals surface area contributed by atoms with Crippen molar-refractivity contribution in [2.24, 2.45) is 5.92 Å². The summed E-state index contributed by atoms with van der Waals surface area (Å²) in [6.07, 6.45) is 0. The number of aromatic nitrogens is 2. The van der Waals surface area contributed by atoms with Gasteiger partial charge >= 0.3 is 0 Å². The van der Waals surface area contributed by atoms with Crippen LogP contribution in [0, 0.1) is 12.8 Å². The first kappa shape index (κ1) is 15.7. The molecule has 0 aliphatic heterocycles. The first-order chi connectivity index (χ1) is 8.66. The van der Waals surface area contributed by atoms with Gasteiger partial charge in [0.05, 0.1) is 0 Å². The summed E-state index contributed by atoms with van der Waals surface area (Å²) in [7, 11) is 4.01. The summed E-state index contributed by atoms with van der Waals surface area (Å²) in [4.78, 5) is 11.6. The second kappa shape index (κ2) is 5.76. The van der Waals surface area contributed by atoms with Crippen LogP contribution in [0.5, 0.6) is 0 Å². The van der Waals surface area contributed by atoms with E-state index in [1.165, 1.54) is 0 Å². The highest BCUT2D eigenvalue weighted by Crippen LogP contribution is 2.28. The maximum absolute atomic E-state index is 4.78. The van der Waals surface area contributed by atoms with E-state index in [9.17, 15) is 0 Å². The first-order valence-electron chi connectivity index (χ1n) is 6.94. The average Bonchev–Trinajstić information content (AvgIpc) is 2.26. The van der Waals surface area contributed by atoms with Crippen molar-refractivity contribution in [3.8, 4) is 0 Å². The smallest absolute Gasteiger partial charge is 0.138 e. The molecule has 0 saturated heterocycles. The number of anilines is 2. The number of rotatable bonds is 4. The Morgan fingerprint density at radius 1 is 1.21 bits per heavy atom. The average molecular weight is 264 g/mol. The van der Waals surface area contributed by atoms with Crippen LogP contribution in [0.4, 0.5) is 11.6 Å². The largest absolute Gasteiger partial charge is 0.373 e. The van der Waals surface area contributed by atoms with E-state index in [-0.39, 0.29) is 5.41 Å². The van der Waals surface area contributed by atoms with Crippen LogP contribution < -0.4 is 10.2 Å². The summed E-state index contributed by atoms with van der Waals surface area (Å²) in [6.45, 7) is 13.9. The lowest BCUT2D eigenvalue weighted by atomic mass is 9.95. The molecule has 0 atom stereocenters. The molecule has 4 heteroatoms. The minimum Gasteiger partial charge on any atom is -0.373 e. The molecule has 0 fully saturated rings. The zero-order valence-electron chi connectivity index (χ0n) is 13.6. The SMILES string of the molecule is CNc1nc(C(C)(C)C)nc(N(C)CC(C)C)c1C. The van der Waals surface area contributed by atoms with Gasteiger partial charge in [-0.25, -0.2) is 9.97 Å². The van der Waals surface area contributed by atoms with E-state index in [0.29, 0.717) is 5.92 Å². The van der Waals surface area contributed by atoms with Gasteiger partial charge in [-0.1, -0.05) is 34.6 Å². The molecule has 0 aliphatic carbocycles. The maximum Gasteiger partial charge on any atom is 0.138 e. The highest BCUT2D eigenvalue weighted by molar-refractivity contribution is 5.58. The molecule has 0 bridgehead atoms. The van der Waals surface area contributed by atoms with E-state index in [2.05, 4.69) is 63.8 Å². The quantitative estimate of drug-likeness (QED) is 0.906. The Kier molecular flexibility index (Phi) is 4.77. The molecule has 1 rings (SSSR count). The van der Waals surface area contributed by atoms with Gasteiger partial charge in [0.15, 0.2) is 0 Å². The number of nitrogens with zero attached hydrogens (tertiary/aromatic N) is 3. The van der Waals surface area contributed by atoms with Crippen molar-refractivity contribution >= 4 is 11.6 Å². The van der Waals surface area contributed by atoms with Gasteiger partial charge < -0.3 is 10.2 Å². The van der Waals surface area contributed by atoms with Crippen molar-refractivity contribution in [3.05, 3.63) is 11.4 Å². The third-order valence-electron chi connectivity index (χ3n) is 3.03. The summed E-state index contributed by atoms with van der Waals surface area (Å²) >= 11 is 0. The number of nitrogens with one attached hydrogen (secondary N) is 1. The first-order valence-corrected chi connectivity index (χ1v) is 6.94. The second-order valence-electron chi connectivity index (χ2n) is 6.62. The molecule has 1 heterocycles. The summed E-state index contributed by atoms with van der Waals surface area (Å²) in [5.41, 5.74) is 1.06. The lowest BCUT2D eigenvalue weighted by Gasteiger charge is -2.26. The van der Waals surface area contributed by atoms with Crippen LogP contribution in [0.1, 0.15) is 46.0 Å². The van der Waals surface area contributed by atoms with E-state index in [4.69, 9.17) is 4.98 Å². The van der Waals surface area contributed by atoms with Gasteiger partial charge in [0.2, 0.25) is 0 Å². The third-order valence-corrected chi connectivity index (χ3v) is 3.03. The van der Waals surface area contributed by atoms with E-state index in [0.717, 1.165) is 29.6 Å². The zero-order valence-corrected chi connectivity index (χ0v) is 13.6. The molecular formula is C15H28N4. The topological polar surface area (TPSA) is 41.1 Å². The van der Waals surface area contributed by atoms with Gasteiger partial charge in [-0.15, -0.1) is 0 Å². The Bertz CT molecular complexity index is 433. The monoisotopic (exact) mass is 264 g/mol. The summed E-state index contributed by atoms with van der Waals surface area (Å²) in [6, 6.07) is 0. The second-order valence-corrected chi connectivity index (χ2v) is 6.62. The lowest BCUT2D eigenvalue weighted by Crippen LogP contribution is -2.27. The molecule has 0 unspecified atom stereocenters. The van der Waals surface area contributed by atoms with E-state index >= 15 is 0 Å². The fourth-order valence-electron chi connectivity index (χ4n) is 2.09. The van der Waals surface area contributed by atoms with Crippen molar-refractivity contribution in [3.63, 3.8) is 0 Å². The van der Waals surface area contributed by atoms with Gasteiger partial charge in [-0.3, -0.25) is 0 Å². The van der Waals surface area contributed by atoms with E-state index in [1.54, 1.807) is 0 Å². The standard InChI is InChI=1S/C15H28N4/c1-10(2)9-19(8)13-11(3)12(16-7)17-14(18-13)15(4,5)6/h10H,9H2,1-8H3,(H,16,17,18). The zero-order chi connectivity index (χ0) is 14.8. The fraction of sp³-hybridized carbons (Fsp3) is 0.733. The Morgan fingerprint density at radius 2 is 1.79 bits per heavy atom. The molecule has 108 valence electrons. The summed E-state index contributed by atoms with van der Waals surface area (Å²) in [5.74, 6) is 3.44. The molecule has 0 amide bonds. The Labute approximate surface area is 117 Å². The van der Waals surface area contributed by atoms with Crippen molar-refractivity contribution in [2.45, 2.75) is 47.0 Å². The minimum atomic E-state index is -0.0489. The molecular weight excluding hydrogens is 236 g/mol. The van der Waals surface area contributed by atoms with Crippen LogP contribution in [0.2, 0.25) is 0 Å². The van der Waals surface area contributed by atoms with Gasteiger partial charge in [0, 0.05) is 31.6 Å². The van der Waals surface area contributed by atoms with Crippen molar-refractivity contribution in [2.75, 3.05) is 30.9 Å². The predicted octanol–water partition coefficient (Wildman–Crippen LogP) is 3.22. The molecule has 1 aromatic rings. The molecule has 19 heavy (non-hydrogen) atoms. The third kappa shape index (κ3) is 3.82. The Hall–Kier alpha value is -1.32. The molecule has 0 aromatic carbocycles. The lowest BCUT2D eigenvalue weighted by molar-refractivity contribution is 0.543. The number of hydrogen-bond acceptors (Lipinski definition) is 4. The van der Waals surface area contributed by atoms with Crippen molar-refractivity contribution in [1.29, 1.82) is 0 Å². The molecule has 0 spiro atoms. The molecule has 0 saturated carbocycles. The Balaban J connectivity index is 3.29. The molecule has 1 N–H and O–H groups in total. The van der Waals surface area contributed by atoms with Crippen molar-refractivity contribution < 1.29 is 0 Å². The van der Waals surface area contributed by atoms with Gasteiger partial charge in [0.1, 0.15) is 17.5 Å².